The third kappa shape index (κ3) is 4.78. The van der Waals surface area contributed by atoms with E-state index in [2.05, 4.69) is 0 Å². The molecule has 0 spiro atoms. The molecule has 4 N–H and O–H groups in total. The third-order valence-corrected chi connectivity index (χ3v) is 1.88. The zero-order valence-electron chi connectivity index (χ0n) is 7.97. The minimum absolute atomic E-state index is 0.0754. The number of hydrogen-bond acceptors (Lipinski definition) is 4. The van der Waals surface area contributed by atoms with Crippen LogP contribution in [0.5, 0.6) is 0 Å². The van der Waals surface area contributed by atoms with E-state index in [0.29, 0.717) is 0 Å². The van der Waals surface area contributed by atoms with Crippen LogP contribution in [0.2, 0.25) is 0 Å². The monoisotopic (exact) mass is 205 g/mol. The Morgan fingerprint density at radius 1 is 1.36 bits per heavy atom. The Kier molecular flexibility index (Phi) is 5.82. The fourth-order valence-electron chi connectivity index (χ4n) is 1.01. The van der Waals surface area contributed by atoms with Crippen LogP contribution < -0.4 is 5.73 Å². The topological polar surface area (TPSA) is 110 Å². The SMILES string of the molecule is COCCC(CC(N)C(=O)O)C(=O)O. The Bertz CT molecular complexity index is 206. The zero-order valence-corrected chi connectivity index (χ0v) is 7.97. The lowest BCUT2D eigenvalue weighted by Crippen LogP contribution is -2.34. The van der Waals surface area contributed by atoms with Gasteiger partial charge < -0.3 is 20.7 Å². The molecule has 0 bridgehead atoms. The van der Waals surface area contributed by atoms with Crippen molar-refractivity contribution in [1.82, 2.24) is 0 Å². The van der Waals surface area contributed by atoms with E-state index in [1.54, 1.807) is 0 Å². The van der Waals surface area contributed by atoms with Crippen LogP contribution in [0, 0.1) is 5.92 Å². The van der Waals surface area contributed by atoms with Crippen molar-refractivity contribution < 1.29 is 24.5 Å². The van der Waals surface area contributed by atoms with Gasteiger partial charge in [0.15, 0.2) is 0 Å². The van der Waals surface area contributed by atoms with Gasteiger partial charge in [0, 0.05) is 13.7 Å². The van der Waals surface area contributed by atoms with E-state index in [4.69, 9.17) is 20.7 Å². The Labute approximate surface area is 81.7 Å². The van der Waals surface area contributed by atoms with Crippen molar-refractivity contribution in [2.75, 3.05) is 13.7 Å². The maximum atomic E-state index is 10.7. The van der Waals surface area contributed by atoms with E-state index in [1.807, 2.05) is 0 Å². The number of aliphatic carboxylic acids is 2. The van der Waals surface area contributed by atoms with Crippen molar-refractivity contribution in [3.63, 3.8) is 0 Å². The van der Waals surface area contributed by atoms with Crippen LogP contribution in [0.25, 0.3) is 0 Å². The summed E-state index contributed by atoms with van der Waals surface area (Å²) >= 11 is 0. The number of methoxy groups -OCH3 is 1. The molecule has 0 fully saturated rings. The molecule has 0 aliphatic rings. The Hall–Kier alpha value is -1.14. The summed E-state index contributed by atoms with van der Waals surface area (Å²) in [5, 5.41) is 17.2. The van der Waals surface area contributed by atoms with Gasteiger partial charge in [0.1, 0.15) is 6.04 Å². The Balaban J connectivity index is 4.08. The molecule has 0 aliphatic heterocycles. The number of carboxylic acids is 2. The van der Waals surface area contributed by atoms with Crippen molar-refractivity contribution in [3.8, 4) is 0 Å². The fraction of sp³-hybridized carbons (Fsp3) is 0.750. The average Bonchev–Trinajstić information content (AvgIpc) is 2.10. The lowest BCUT2D eigenvalue weighted by molar-refractivity contribution is -0.144. The van der Waals surface area contributed by atoms with Crippen LogP contribution in [0.15, 0.2) is 0 Å². The van der Waals surface area contributed by atoms with E-state index < -0.39 is 23.9 Å². The average molecular weight is 205 g/mol. The summed E-state index contributed by atoms with van der Waals surface area (Å²) in [7, 11) is 1.45. The summed E-state index contributed by atoms with van der Waals surface area (Å²) < 4.78 is 4.71. The molecular weight excluding hydrogens is 190 g/mol. The van der Waals surface area contributed by atoms with Crippen molar-refractivity contribution in [2.45, 2.75) is 18.9 Å². The van der Waals surface area contributed by atoms with Crippen LogP contribution in [0.1, 0.15) is 12.8 Å². The first kappa shape index (κ1) is 12.9. The lowest BCUT2D eigenvalue weighted by atomic mass is 9.97. The normalized spacial score (nSPS) is 14.7. The maximum Gasteiger partial charge on any atom is 0.320 e. The zero-order chi connectivity index (χ0) is 11.1. The summed E-state index contributed by atoms with van der Waals surface area (Å²) in [6.45, 7) is 0.281. The predicted molar refractivity (Wildman–Crippen MR) is 47.8 cm³/mol. The van der Waals surface area contributed by atoms with Crippen molar-refractivity contribution in [2.24, 2.45) is 11.7 Å². The molecule has 0 amide bonds. The standard InChI is InChI=1S/C8H15NO5/c1-14-3-2-5(7(10)11)4-6(9)8(12)13/h5-6H,2-4,9H2,1H3,(H,10,11)(H,12,13). The molecule has 2 unspecified atom stereocenters. The Morgan fingerprint density at radius 2 is 1.93 bits per heavy atom. The quantitative estimate of drug-likeness (QED) is 0.518. The molecule has 6 nitrogen and oxygen atoms in total. The molecule has 0 aromatic carbocycles. The molecule has 0 heterocycles. The molecule has 0 saturated heterocycles. The van der Waals surface area contributed by atoms with Gasteiger partial charge >= 0.3 is 11.9 Å². The van der Waals surface area contributed by atoms with E-state index in [1.165, 1.54) is 7.11 Å². The van der Waals surface area contributed by atoms with Crippen molar-refractivity contribution >= 4 is 11.9 Å². The molecular formula is C8H15NO5. The van der Waals surface area contributed by atoms with Crippen LogP contribution in [-0.4, -0.2) is 41.9 Å². The van der Waals surface area contributed by atoms with Crippen LogP contribution in [-0.2, 0) is 14.3 Å². The summed E-state index contributed by atoms with van der Waals surface area (Å²) in [5.74, 6) is -2.99. The smallest absolute Gasteiger partial charge is 0.320 e. The highest BCUT2D eigenvalue weighted by atomic mass is 16.5. The summed E-state index contributed by atoms with van der Waals surface area (Å²) in [4.78, 5) is 21.0. The van der Waals surface area contributed by atoms with Gasteiger partial charge in [-0.2, -0.15) is 0 Å². The molecule has 0 aromatic heterocycles. The highest BCUT2D eigenvalue weighted by molar-refractivity contribution is 5.75. The summed E-state index contributed by atoms with van der Waals surface area (Å²) in [5.41, 5.74) is 5.22. The minimum Gasteiger partial charge on any atom is -0.481 e. The van der Waals surface area contributed by atoms with Crippen molar-refractivity contribution in [1.29, 1.82) is 0 Å². The van der Waals surface area contributed by atoms with Crippen LogP contribution in [0.4, 0.5) is 0 Å². The van der Waals surface area contributed by atoms with Gasteiger partial charge in [0.25, 0.3) is 0 Å². The molecule has 0 aromatic rings. The second-order valence-electron chi connectivity index (χ2n) is 3.00. The van der Waals surface area contributed by atoms with Gasteiger partial charge in [-0.3, -0.25) is 9.59 Å². The molecule has 0 aliphatic carbocycles. The van der Waals surface area contributed by atoms with Gasteiger partial charge in [0.2, 0.25) is 0 Å². The van der Waals surface area contributed by atoms with Crippen LogP contribution >= 0.6 is 0 Å². The number of carbonyl (C=O) groups is 2. The molecule has 6 heteroatoms. The Morgan fingerprint density at radius 3 is 2.29 bits per heavy atom. The number of rotatable bonds is 7. The lowest BCUT2D eigenvalue weighted by Gasteiger charge is -2.13. The number of carboxylic acid groups (broad SMARTS) is 2. The molecule has 2 atom stereocenters. The van der Waals surface area contributed by atoms with Gasteiger partial charge in [0.05, 0.1) is 5.92 Å². The highest BCUT2D eigenvalue weighted by Gasteiger charge is 2.23. The van der Waals surface area contributed by atoms with Gasteiger partial charge in [-0.1, -0.05) is 0 Å². The molecule has 14 heavy (non-hydrogen) atoms. The second kappa shape index (κ2) is 6.33. The summed E-state index contributed by atoms with van der Waals surface area (Å²) in [6, 6.07) is -1.13. The van der Waals surface area contributed by atoms with Crippen LogP contribution in [0.3, 0.4) is 0 Å². The summed E-state index contributed by atoms with van der Waals surface area (Å²) in [6.07, 6.45) is 0.195. The minimum atomic E-state index is -1.19. The largest absolute Gasteiger partial charge is 0.481 e. The third-order valence-electron chi connectivity index (χ3n) is 1.88. The van der Waals surface area contributed by atoms with E-state index in [9.17, 15) is 9.59 Å². The highest BCUT2D eigenvalue weighted by Crippen LogP contribution is 2.11. The van der Waals surface area contributed by atoms with E-state index >= 15 is 0 Å². The first-order chi connectivity index (χ1) is 6.49. The van der Waals surface area contributed by atoms with Gasteiger partial charge in [-0.25, -0.2) is 0 Å². The fourth-order valence-corrected chi connectivity index (χ4v) is 1.01. The predicted octanol–water partition coefficient (Wildman–Crippen LogP) is -0.474. The molecule has 0 saturated carbocycles. The first-order valence-corrected chi connectivity index (χ1v) is 4.19. The first-order valence-electron chi connectivity index (χ1n) is 4.19. The van der Waals surface area contributed by atoms with Crippen molar-refractivity contribution in [3.05, 3.63) is 0 Å². The van der Waals surface area contributed by atoms with E-state index in [0.717, 1.165) is 0 Å². The number of ether oxygens (including phenoxy) is 1. The molecule has 82 valence electrons. The molecule has 0 radical (unpaired) electrons. The number of hydrogen-bond donors (Lipinski definition) is 3. The van der Waals surface area contributed by atoms with Gasteiger partial charge in [-0.15, -0.1) is 0 Å². The molecule has 0 rings (SSSR count). The van der Waals surface area contributed by atoms with E-state index in [-0.39, 0.29) is 19.4 Å². The second-order valence-corrected chi connectivity index (χ2v) is 3.00. The number of nitrogens with two attached hydrogens (primary N) is 1. The van der Waals surface area contributed by atoms with Gasteiger partial charge in [-0.05, 0) is 12.8 Å². The maximum absolute atomic E-state index is 10.7.